The molecule has 0 saturated carbocycles. The van der Waals surface area contributed by atoms with Crippen molar-refractivity contribution in [2.75, 3.05) is 10.8 Å². The molecule has 0 heterocycles. The van der Waals surface area contributed by atoms with Crippen LogP contribution in [0.5, 0.6) is 0 Å². The maximum Gasteiger partial charge on any atom is 0.264 e. The Morgan fingerprint density at radius 3 is 2.10 bits per heavy atom. The second kappa shape index (κ2) is 13.1. The smallest absolute Gasteiger partial charge is 0.264 e. The Kier molecular flexibility index (Phi) is 10.1. The Bertz CT molecular complexity index is 1450. The molecule has 3 aromatic carbocycles. The minimum absolute atomic E-state index is 0.0563. The largest absolute Gasteiger partial charge is 0.352 e. The van der Waals surface area contributed by atoms with E-state index < -0.39 is 28.5 Å². The lowest BCUT2D eigenvalue weighted by molar-refractivity contribution is -0.139. The molecule has 0 bridgehead atoms. The summed E-state index contributed by atoms with van der Waals surface area (Å²) in [4.78, 5) is 28.8. The highest BCUT2D eigenvalue weighted by molar-refractivity contribution is 7.92. The SMILES string of the molecule is CC[C@@H](C)NC(=O)[C@@H](C)N(Cc1cccc(C)c1)C(=O)CN(c1cc(C)ccc1C)S(=O)(=O)c1ccc(C)cc1. The minimum atomic E-state index is -4.10. The van der Waals surface area contributed by atoms with Crippen LogP contribution >= 0.6 is 0 Å². The van der Waals surface area contributed by atoms with E-state index in [-0.39, 0.29) is 23.4 Å². The number of rotatable bonds is 11. The number of aryl methyl sites for hydroxylation is 4. The standard InChI is InChI=1S/C32H41N3O4S/c1-8-26(6)33-32(37)27(7)34(20-28-11-9-10-23(3)18-28)31(36)21-35(30-19-24(4)12-15-25(30)5)40(38,39)29-16-13-22(2)14-17-29/h9-19,26-27H,8,20-21H2,1-7H3,(H,33,37)/t26-,27-/m1/s1. The molecule has 0 aromatic heterocycles. The first-order valence-electron chi connectivity index (χ1n) is 13.7. The van der Waals surface area contributed by atoms with Crippen LogP contribution in [0.2, 0.25) is 0 Å². The van der Waals surface area contributed by atoms with Gasteiger partial charge < -0.3 is 10.2 Å². The minimum Gasteiger partial charge on any atom is -0.352 e. The fraction of sp³-hybridized carbons (Fsp3) is 0.375. The quantitative estimate of drug-likeness (QED) is 0.336. The van der Waals surface area contributed by atoms with Crippen molar-refractivity contribution in [2.24, 2.45) is 0 Å². The van der Waals surface area contributed by atoms with Gasteiger partial charge in [0.25, 0.3) is 10.0 Å². The molecule has 0 fully saturated rings. The number of nitrogens with one attached hydrogen (secondary N) is 1. The number of sulfonamides is 1. The van der Waals surface area contributed by atoms with Crippen LogP contribution in [0.4, 0.5) is 5.69 Å². The normalized spacial score (nSPS) is 12.9. The van der Waals surface area contributed by atoms with Gasteiger partial charge in [-0.15, -0.1) is 0 Å². The molecular formula is C32H41N3O4S. The van der Waals surface area contributed by atoms with Crippen LogP contribution < -0.4 is 9.62 Å². The molecule has 0 spiro atoms. The number of hydrogen-bond donors (Lipinski definition) is 1. The summed E-state index contributed by atoms with van der Waals surface area (Å²) in [5, 5.41) is 2.96. The van der Waals surface area contributed by atoms with E-state index in [1.165, 1.54) is 9.21 Å². The molecule has 3 aromatic rings. The summed E-state index contributed by atoms with van der Waals surface area (Å²) in [6, 6.07) is 19.0. The van der Waals surface area contributed by atoms with Crippen LogP contribution in [0.3, 0.4) is 0 Å². The van der Waals surface area contributed by atoms with E-state index in [4.69, 9.17) is 0 Å². The Morgan fingerprint density at radius 1 is 0.850 bits per heavy atom. The topological polar surface area (TPSA) is 86.8 Å². The third-order valence-corrected chi connectivity index (χ3v) is 8.90. The number of anilines is 1. The molecule has 0 aliphatic heterocycles. The zero-order valence-corrected chi connectivity index (χ0v) is 25.4. The molecular weight excluding hydrogens is 522 g/mol. The molecule has 0 saturated heterocycles. The van der Waals surface area contributed by atoms with Crippen molar-refractivity contribution < 1.29 is 18.0 Å². The van der Waals surface area contributed by atoms with Gasteiger partial charge in [0, 0.05) is 12.6 Å². The Morgan fingerprint density at radius 2 is 1.48 bits per heavy atom. The molecule has 8 heteroatoms. The summed E-state index contributed by atoms with van der Waals surface area (Å²) >= 11 is 0. The average molecular weight is 564 g/mol. The predicted molar refractivity (Wildman–Crippen MR) is 161 cm³/mol. The number of carbonyl (C=O) groups excluding carboxylic acids is 2. The zero-order chi connectivity index (χ0) is 29.6. The molecule has 214 valence electrons. The fourth-order valence-electron chi connectivity index (χ4n) is 4.39. The van der Waals surface area contributed by atoms with E-state index in [1.54, 1.807) is 37.3 Å². The van der Waals surface area contributed by atoms with E-state index in [9.17, 15) is 18.0 Å². The molecule has 2 atom stereocenters. The molecule has 40 heavy (non-hydrogen) atoms. The van der Waals surface area contributed by atoms with Crippen molar-refractivity contribution in [1.82, 2.24) is 10.2 Å². The number of amides is 2. The summed E-state index contributed by atoms with van der Waals surface area (Å²) in [6.45, 7) is 12.8. The van der Waals surface area contributed by atoms with Gasteiger partial charge in [0.2, 0.25) is 11.8 Å². The van der Waals surface area contributed by atoms with Crippen LogP contribution in [-0.4, -0.2) is 43.8 Å². The molecule has 0 unspecified atom stereocenters. The number of carbonyl (C=O) groups is 2. The molecule has 7 nitrogen and oxygen atoms in total. The van der Waals surface area contributed by atoms with E-state index >= 15 is 0 Å². The summed E-state index contributed by atoms with van der Waals surface area (Å²) in [7, 11) is -4.10. The van der Waals surface area contributed by atoms with Crippen molar-refractivity contribution in [1.29, 1.82) is 0 Å². The van der Waals surface area contributed by atoms with Gasteiger partial charge >= 0.3 is 0 Å². The van der Waals surface area contributed by atoms with Crippen LogP contribution in [0.25, 0.3) is 0 Å². The first-order valence-corrected chi connectivity index (χ1v) is 15.1. The number of benzene rings is 3. The summed E-state index contributed by atoms with van der Waals surface area (Å²) in [6.07, 6.45) is 0.749. The molecule has 0 radical (unpaired) electrons. The van der Waals surface area contributed by atoms with Gasteiger partial charge in [-0.1, -0.05) is 66.6 Å². The lowest BCUT2D eigenvalue weighted by Crippen LogP contribution is -2.52. The van der Waals surface area contributed by atoms with Crippen LogP contribution in [0.1, 0.15) is 55.0 Å². The van der Waals surface area contributed by atoms with Gasteiger partial charge in [-0.3, -0.25) is 13.9 Å². The van der Waals surface area contributed by atoms with Crippen molar-refractivity contribution in [2.45, 2.75) is 78.4 Å². The molecule has 2 amide bonds. The van der Waals surface area contributed by atoms with E-state index in [1.807, 2.05) is 77.9 Å². The monoisotopic (exact) mass is 563 g/mol. The van der Waals surface area contributed by atoms with Gasteiger partial charge in [-0.25, -0.2) is 8.42 Å². The molecule has 1 N–H and O–H groups in total. The van der Waals surface area contributed by atoms with Gasteiger partial charge in [0.1, 0.15) is 12.6 Å². The zero-order valence-electron chi connectivity index (χ0n) is 24.6. The van der Waals surface area contributed by atoms with Gasteiger partial charge in [-0.2, -0.15) is 0 Å². The van der Waals surface area contributed by atoms with Gasteiger partial charge in [0.05, 0.1) is 10.6 Å². The Hall–Kier alpha value is -3.65. The van der Waals surface area contributed by atoms with Crippen molar-refractivity contribution in [3.05, 3.63) is 94.5 Å². The van der Waals surface area contributed by atoms with Gasteiger partial charge in [0.15, 0.2) is 0 Å². The van der Waals surface area contributed by atoms with Gasteiger partial charge in [-0.05, 0) is 82.9 Å². The van der Waals surface area contributed by atoms with Crippen LogP contribution in [-0.2, 0) is 26.2 Å². The van der Waals surface area contributed by atoms with E-state index in [2.05, 4.69) is 5.32 Å². The maximum absolute atomic E-state index is 14.1. The van der Waals surface area contributed by atoms with Crippen molar-refractivity contribution >= 4 is 27.5 Å². The van der Waals surface area contributed by atoms with Crippen molar-refractivity contribution in [3.8, 4) is 0 Å². The molecule has 0 aliphatic rings. The third-order valence-electron chi connectivity index (χ3n) is 7.12. The lowest BCUT2D eigenvalue weighted by Gasteiger charge is -2.33. The highest BCUT2D eigenvalue weighted by atomic mass is 32.2. The Balaban J connectivity index is 2.07. The third kappa shape index (κ3) is 7.50. The lowest BCUT2D eigenvalue weighted by atomic mass is 10.1. The second-order valence-electron chi connectivity index (χ2n) is 10.6. The summed E-state index contributed by atoms with van der Waals surface area (Å²) in [5.74, 6) is -0.750. The maximum atomic E-state index is 14.1. The first kappa shape index (κ1) is 30.9. The van der Waals surface area contributed by atoms with Crippen LogP contribution in [0.15, 0.2) is 71.6 Å². The highest BCUT2D eigenvalue weighted by Crippen LogP contribution is 2.28. The Labute approximate surface area is 239 Å². The summed E-state index contributed by atoms with van der Waals surface area (Å²) < 4.78 is 29.2. The first-order chi connectivity index (χ1) is 18.8. The van der Waals surface area contributed by atoms with Crippen molar-refractivity contribution in [3.63, 3.8) is 0 Å². The highest BCUT2D eigenvalue weighted by Gasteiger charge is 2.33. The molecule has 0 aliphatic carbocycles. The summed E-state index contributed by atoms with van der Waals surface area (Å²) in [5.41, 5.74) is 4.84. The van der Waals surface area contributed by atoms with E-state index in [0.717, 1.165) is 34.2 Å². The fourth-order valence-corrected chi connectivity index (χ4v) is 5.86. The van der Waals surface area contributed by atoms with Crippen LogP contribution in [0, 0.1) is 27.7 Å². The predicted octanol–water partition coefficient (Wildman–Crippen LogP) is 5.45. The van der Waals surface area contributed by atoms with E-state index in [0.29, 0.717) is 5.69 Å². The number of hydrogen-bond acceptors (Lipinski definition) is 4. The second-order valence-corrected chi connectivity index (χ2v) is 12.5. The average Bonchev–Trinajstić information content (AvgIpc) is 2.91. The molecule has 3 rings (SSSR count). The number of nitrogens with zero attached hydrogens (tertiary/aromatic N) is 2.